The van der Waals surface area contributed by atoms with Crippen LogP contribution in [0.4, 0.5) is 5.82 Å². The smallest absolute Gasteiger partial charge is 0.239 e. The molecule has 0 unspecified atom stereocenters. The standard InChI is InChI=1S/C28H33N5O3/c1-31-14-11-25(30-31)29-26(34)20-32-15-12-28(13-16-32)24(22-9-6-10-23(17-22)36-2)19-33(27(28)35)18-21-7-4-3-5-8-21/h3-11,14,17,24H,12-13,15-16,18-20H2,1-2H3,(H,29,30,34)/t24-/m0/s1. The molecule has 1 N–H and O–H groups in total. The Kier molecular flexibility index (Phi) is 6.78. The van der Waals surface area contributed by atoms with Crippen molar-refractivity contribution in [1.29, 1.82) is 0 Å². The highest BCUT2D eigenvalue weighted by atomic mass is 16.5. The summed E-state index contributed by atoms with van der Waals surface area (Å²) in [4.78, 5) is 30.7. The number of likely N-dealkylation sites (tertiary alicyclic amines) is 2. The Labute approximate surface area is 211 Å². The molecular formula is C28H33N5O3. The van der Waals surface area contributed by atoms with Crippen molar-refractivity contribution in [2.45, 2.75) is 25.3 Å². The fraction of sp³-hybridized carbons (Fsp3) is 0.393. The number of nitrogens with one attached hydrogen (secondary N) is 1. The van der Waals surface area contributed by atoms with E-state index in [2.05, 4.69) is 39.6 Å². The molecule has 8 heteroatoms. The van der Waals surface area contributed by atoms with Crippen molar-refractivity contribution in [3.05, 3.63) is 78.0 Å². The third kappa shape index (κ3) is 4.86. The molecule has 1 aromatic heterocycles. The molecule has 1 atom stereocenters. The molecule has 2 saturated heterocycles. The number of carbonyl (C=O) groups is 2. The van der Waals surface area contributed by atoms with Gasteiger partial charge in [-0.3, -0.25) is 19.2 Å². The van der Waals surface area contributed by atoms with Crippen LogP contribution in [0.15, 0.2) is 66.9 Å². The lowest BCUT2D eigenvalue weighted by Crippen LogP contribution is -2.48. The SMILES string of the molecule is COc1cccc([C@@H]2CN(Cc3ccccc3)C(=O)C23CCN(CC(=O)Nc2ccn(C)n2)CC3)c1. The van der Waals surface area contributed by atoms with Crippen LogP contribution >= 0.6 is 0 Å². The minimum Gasteiger partial charge on any atom is -0.497 e. The Morgan fingerprint density at radius 3 is 2.58 bits per heavy atom. The van der Waals surface area contributed by atoms with E-state index in [9.17, 15) is 9.59 Å². The van der Waals surface area contributed by atoms with Crippen molar-refractivity contribution in [2.24, 2.45) is 12.5 Å². The summed E-state index contributed by atoms with van der Waals surface area (Å²) in [6, 6.07) is 20.1. The molecule has 0 aliphatic carbocycles. The van der Waals surface area contributed by atoms with Crippen molar-refractivity contribution in [2.75, 3.05) is 38.6 Å². The van der Waals surface area contributed by atoms with Gasteiger partial charge in [-0.15, -0.1) is 0 Å². The minimum absolute atomic E-state index is 0.0771. The van der Waals surface area contributed by atoms with E-state index in [4.69, 9.17) is 4.74 Å². The second-order valence-electron chi connectivity index (χ2n) is 9.86. The maximum atomic E-state index is 14.0. The van der Waals surface area contributed by atoms with Gasteiger partial charge in [-0.2, -0.15) is 5.10 Å². The van der Waals surface area contributed by atoms with E-state index in [-0.39, 0.29) is 17.7 Å². The zero-order chi connectivity index (χ0) is 25.1. The van der Waals surface area contributed by atoms with Crippen molar-refractivity contribution >= 4 is 17.6 Å². The Morgan fingerprint density at radius 2 is 1.89 bits per heavy atom. The van der Waals surface area contributed by atoms with Gasteiger partial charge in [0.1, 0.15) is 5.75 Å². The molecule has 5 rings (SSSR count). The fourth-order valence-electron chi connectivity index (χ4n) is 5.70. The fourth-order valence-corrected chi connectivity index (χ4v) is 5.70. The molecule has 188 valence electrons. The van der Waals surface area contributed by atoms with Crippen molar-refractivity contribution < 1.29 is 14.3 Å². The summed E-state index contributed by atoms with van der Waals surface area (Å²) in [5.74, 6) is 1.57. The number of hydrogen-bond donors (Lipinski definition) is 1. The van der Waals surface area contributed by atoms with Crippen molar-refractivity contribution in [3.8, 4) is 5.75 Å². The molecule has 3 aromatic rings. The van der Waals surface area contributed by atoms with Gasteiger partial charge >= 0.3 is 0 Å². The lowest BCUT2D eigenvalue weighted by atomic mass is 9.68. The second-order valence-corrected chi connectivity index (χ2v) is 9.86. The van der Waals surface area contributed by atoms with Crippen LogP contribution in [0.1, 0.15) is 29.9 Å². The van der Waals surface area contributed by atoms with Gasteiger partial charge in [0.25, 0.3) is 0 Å². The predicted octanol–water partition coefficient (Wildman–Crippen LogP) is 3.28. The Bertz CT molecular complexity index is 1220. The number of benzene rings is 2. The Morgan fingerprint density at radius 1 is 1.11 bits per heavy atom. The molecule has 36 heavy (non-hydrogen) atoms. The third-order valence-electron chi connectivity index (χ3n) is 7.59. The highest BCUT2D eigenvalue weighted by Crippen LogP contribution is 2.51. The maximum Gasteiger partial charge on any atom is 0.239 e. The zero-order valence-corrected chi connectivity index (χ0v) is 20.9. The largest absolute Gasteiger partial charge is 0.497 e. The van der Waals surface area contributed by atoms with Crippen LogP contribution in [0.3, 0.4) is 0 Å². The molecule has 2 fully saturated rings. The van der Waals surface area contributed by atoms with Gasteiger partial charge in [0, 0.05) is 38.3 Å². The highest BCUT2D eigenvalue weighted by Gasteiger charge is 2.55. The van der Waals surface area contributed by atoms with Crippen LogP contribution in [0.2, 0.25) is 0 Å². The molecule has 8 nitrogen and oxygen atoms in total. The summed E-state index contributed by atoms with van der Waals surface area (Å²) in [6.07, 6.45) is 3.23. The predicted molar refractivity (Wildman–Crippen MR) is 138 cm³/mol. The number of piperidine rings is 1. The van der Waals surface area contributed by atoms with Crippen LogP contribution in [0.5, 0.6) is 5.75 Å². The van der Waals surface area contributed by atoms with E-state index in [1.807, 2.05) is 42.3 Å². The average Bonchev–Trinajstić information content (AvgIpc) is 3.42. The van der Waals surface area contributed by atoms with Gasteiger partial charge in [-0.05, 0) is 49.2 Å². The normalized spacial score (nSPS) is 19.6. The molecule has 0 bridgehead atoms. The summed E-state index contributed by atoms with van der Waals surface area (Å²) >= 11 is 0. The van der Waals surface area contributed by atoms with Gasteiger partial charge in [-0.25, -0.2) is 0 Å². The summed E-state index contributed by atoms with van der Waals surface area (Å²) in [7, 11) is 3.49. The molecular weight excluding hydrogens is 454 g/mol. The number of aromatic nitrogens is 2. The van der Waals surface area contributed by atoms with Crippen LogP contribution in [-0.2, 0) is 23.2 Å². The quantitative estimate of drug-likeness (QED) is 0.553. The summed E-state index contributed by atoms with van der Waals surface area (Å²) in [6.45, 7) is 2.97. The minimum atomic E-state index is -0.477. The van der Waals surface area contributed by atoms with E-state index in [1.165, 1.54) is 0 Å². The number of carbonyl (C=O) groups excluding carboxylic acids is 2. The van der Waals surface area contributed by atoms with E-state index in [0.29, 0.717) is 38.5 Å². The second kappa shape index (κ2) is 10.1. The first kappa shape index (κ1) is 24.1. The first-order valence-corrected chi connectivity index (χ1v) is 12.5. The van der Waals surface area contributed by atoms with E-state index in [0.717, 1.165) is 29.7 Å². The van der Waals surface area contributed by atoms with E-state index >= 15 is 0 Å². The van der Waals surface area contributed by atoms with Gasteiger partial charge < -0.3 is 15.0 Å². The lowest BCUT2D eigenvalue weighted by molar-refractivity contribution is -0.139. The summed E-state index contributed by atoms with van der Waals surface area (Å²) < 4.78 is 7.15. The van der Waals surface area contributed by atoms with Gasteiger partial charge in [0.05, 0.1) is 19.1 Å². The molecule has 2 aliphatic heterocycles. The first-order valence-electron chi connectivity index (χ1n) is 12.5. The van der Waals surface area contributed by atoms with Gasteiger partial charge in [0.15, 0.2) is 5.82 Å². The number of hydrogen-bond acceptors (Lipinski definition) is 5. The van der Waals surface area contributed by atoms with Gasteiger partial charge in [0.2, 0.25) is 11.8 Å². The van der Waals surface area contributed by atoms with E-state index < -0.39 is 5.41 Å². The molecule has 1 spiro atoms. The number of rotatable bonds is 7. The van der Waals surface area contributed by atoms with Crippen LogP contribution in [0.25, 0.3) is 0 Å². The third-order valence-corrected chi connectivity index (χ3v) is 7.59. The topological polar surface area (TPSA) is 79.7 Å². The average molecular weight is 488 g/mol. The number of nitrogens with zero attached hydrogens (tertiary/aromatic N) is 4. The van der Waals surface area contributed by atoms with Crippen LogP contribution in [0, 0.1) is 5.41 Å². The summed E-state index contributed by atoms with van der Waals surface area (Å²) in [5.41, 5.74) is 1.80. The first-order chi connectivity index (χ1) is 17.5. The Hall–Kier alpha value is -3.65. The molecule has 0 radical (unpaired) electrons. The van der Waals surface area contributed by atoms with Gasteiger partial charge in [-0.1, -0.05) is 42.5 Å². The van der Waals surface area contributed by atoms with Crippen LogP contribution in [-0.4, -0.2) is 64.7 Å². The highest BCUT2D eigenvalue weighted by molar-refractivity contribution is 5.91. The zero-order valence-electron chi connectivity index (χ0n) is 20.9. The number of aryl methyl sites for hydroxylation is 1. The maximum absolute atomic E-state index is 14.0. The molecule has 2 aromatic carbocycles. The van der Waals surface area contributed by atoms with Crippen LogP contribution < -0.4 is 10.1 Å². The number of methoxy groups -OCH3 is 1. The Balaban J connectivity index is 1.33. The van der Waals surface area contributed by atoms with E-state index in [1.54, 1.807) is 24.1 Å². The molecule has 3 heterocycles. The monoisotopic (exact) mass is 487 g/mol. The molecule has 2 amide bonds. The van der Waals surface area contributed by atoms with Crippen molar-refractivity contribution in [3.63, 3.8) is 0 Å². The number of anilines is 1. The molecule has 2 aliphatic rings. The molecule has 0 saturated carbocycles. The summed E-state index contributed by atoms with van der Waals surface area (Å²) in [5, 5.41) is 7.08. The number of ether oxygens (including phenoxy) is 1. The number of amides is 2. The lowest BCUT2D eigenvalue weighted by Gasteiger charge is -2.41. The van der Waals surface area contributed by atoms with Crippen molar-refractivity contribution in [1.82, 2.24) is 19.6 Å².